The topological polar surface area (TPSA) is 80.3 Å². The van der Waals surface area contributed by atoms with Crippen LogP contribution in [0.3, 0.4) is 0 Å². The van der Waals surface area contributed by atoms with Crippen LogP contribution < -0.4 is 10.6 Å². The van der Waals surface area contributed by atoms with Crippen LogP contribution in [-0.4, -0.2) is 54.6 Å². The predicted molar refractivity (Wildman–Crippen MR) is 105 cm³/mol. The molecule has 26 heavy (non-hydrogen) atoms. The highest BCUT2D eigenvalue weighted by Crippen LogP contribution is 2.12. The molecule has 0 bridgehead atoms. The normalized spacial score (nSPS) is 11.9. The van der Waals surface area contributed by atoms with Crippen LogP contribution >= 0.6 is 11.8 Å². The molecule has 7 heteroatoms. The number of rotatable bonds is 10. The van der Waals surface area contributed by atoms with Crippen LogP contribution in [0, 0.1) is 0 Å². The van der Waals surface area contributed by atoms with Crippen molar-refractivity contribution >= 4 is 34.5 Å². The number of ether oxygens (including phenoxy) is 1. The van der Waals surface area contributed by atoms with Crippen molar-refractivity contribution in [3.63, 3.8) is 0 Å². The number of hydrogen-bond donors (Lipinski definition) is 2. The predicted octanol–water partition coefficient (Wildman–Crippen LogP) is 2.24. The summed E-state index contributed by atoms with van der Waals surface area (Å²) in [7, 11) is 0. The van der Waals surface area contributed by atoms with E-state index in [0.717, 1.165) is 16.7 Å². The van der Waals surface area contributed by atoms with E-state index in [0.29, 0.717) is 31.9 Å². The minimum Gasteiger partial charge on any atom is -0.380 e. The Hall–Kier alpha value is -2.12. The Morgan fingerprint density at radius 2 is 2.04 bits per heavy atom. The Morgan fingerprint density at radius 1 is 1.23 bits per heavy atom. The highest BCUT2D eigenvalue weighted by atomic mass is 32.2. The van der Waals surface area contributed by atoms with Crippen LogP contribution in [0.2, 0.25) is 0 Å². The molecule has 6 nitrogen and oxygen atoms in total. The van der Waals surface area contributed by atoms with E-state index in [1.807, 2.05) is 43.5 Å². The number of fused-ring (bicyclic) bond motifs is 1. The van der Waals surface area contributed by atoms with Crippen LogP contribution in [0.4, 0.5) is 0 Å². The summed E-state index contributed by atoms with van der Waals surface area (Å²) in [5.74, 6) is 0.226. The molecule has 2 amide bonds. The van der Waals surface area contributed by atoms with Gasteiger partial charge in [0.1, 0.15) is 11.7 Å². The maximum absolute atomic E-state index is 12.6. The fraction of sp³-hybridized carbons (Fsp3) is 0.421. The van der Waals surface area contributed by atoms with Crippen LogP contribution in [0.25, 0.3) is 10.9 Å². The molecule has 0 aliphatic rings. The van der Waals surface area contributed by atoms with Crippen LogP contribution in [0.15, 0.2) is 36.4 Å². The molecule has 1 aromatic heterocycles. The van der Waals surface area contributed by atoms with Gasteiger partial charge in [-0.1, -0.05) is 24.3 Å². The van der Waals surface area contributed by atoms with Crippen molar-refractivity contribution in [2.24, 2.45) is 0 Å². The summed E-state index contributed by atoms with van der Waals surface area (Å²) in [6, 6.07) is 10.5. The molecular formula is C19H25N3O3S. The van der Waals surface area contributed by atoms with Crippen LogP contribution in [0.1, 0.15) is 23.8 Å². The van der Waals surface area contributed by atoms with Gasteiger partial charge < -0.3 is 15.4 Å². The Balaban J connectivity index is 2.02. The summed E-state index contributed by atoms with van der Waals surface area (Å²) in [6.45, 7) is 3.39. The van der Waals surface area contributed by atoms with Crippen molar-refractivity contribution < 1.29 is 14.3 Å². The van der Waals surface area contributed by atoms with Crippen molar-refractivity contribution in [3.8, 4) is 0 Å². The number of carbonyl (C=O) groups excluding carboxylic acids is 2. The first kappa shape index (κ1) is 20.2. The van der Waals surface area contributed by atoms with Gasteiger partial charge in [-0.15, -0.1) is 0 Å². The van der Waals surface area contributed by atoms with Crippen LogP contribution in [0.5, 0.6) is 0 Å². The van der Waals surface area contributed by atoms with Gasteiger partial charge in [0.05, 0.1) is 12.1 Å². The van der Waals surface area contributed by atoms with Gasteiger partial charge >= 0.3 is 0 Å². The van der Waals surface area contributed by atoms with E-state index < -0.39 is 6.04 Å². The number of hydrogen-bond acceptors (Lipinski definition) is 5. The molecule has 0 saturated heterocycles. The summed E-state index contributed by atoms with van der Waals surface area (Å²) in [5.41, 5.74) is 1.06. The quantitative estimate of drug-likeness (QED) is 0.623. The van der Waals surface area contributed by atoms with Gasteiger partial charge in [-0.3, -0.25) is 9.59 Å². The number of pyridine rings is 1. The molecule has 0 unspecified atom stereocenters. The molecule has 2 aromatic rings. The minimum atomic E-state index is -0.593. The lowest BCUT2D eigenvalue weighted by molar-refractivity contribution is -0.123. The zero-order valence-corrected chi connectivity index (χ0v) is 16.0. The van der Waals surface area contributed by atoms with Crippen molar-refractivity contribution in [2.75, 3.05) is 31.8 Å². The van der Waals surface area contributed by atoms with Crippen molar-refractivity contribution in [1.29, 1.82) is 0 Å². The van der Waals surface area contributed by atoms with Crippen molar-refractivity contribution in [3.05, 3.63) is 42.1 Å². The second-order valence-corrected chi connectivity index (χ2v) is 6.67. The molecule has 1 atom stereocenters. The first-order chi connectivity index (χ1) is 12.7. The smallest absolute Gasteiger partial charge is 0.270 e. The number of aromatic nitrogens is 1. The molecule has 1 aromatic carbocycles. The molecule has 2 rings (SSSR count). The summed E-state index contributed by atoms with van der Waals surface area (Å²) >= 11 is 1.63. The molecule has 0 aliphatic carbocycles. The Morgan fingerprint density at radius 3 is 2.81 bits per heavy atom. The number of benzene rings is 1. The highest BCUT2D eigenvalue weighted by Gasteiger charge is 2.21. The second-order valence-electron chi connectivity index (χ2n) is 5.68. The summed E-state index contributed by atoms with van der Waals surface area (Å²) in [6.07, 6.45) is 2.53. The third kappa shape index (κ3) is 6.00. The van der Waals surface area contributed by atoms with E-state index in [1.165, 1.54) is 0 Å². The largest absolute Gasteiger partial charge is 0.380 e. The SMILES string of the molecule is CCOCCNC(=O)[C@H](CCSC)NC(=O)c1ccc2ccccc2n1. The zero-order chi connectivity index (χ0) is 18.8. The van der Waals surface area contributed by atoms with E-state index in [4.69, 9.17) is 4.74 Å². The van der Waals surface area contributed by atoms with Gasteiger partial charge in [-0.25, -0.2) is 4.98 Å². The second kappa shape index (κ2) is 10.8. The average molecular weight is 375 g/mol. The molecule has 0 saturated carbocycles. The maximum Gasteiger partial charge on any atom is 0.270 e. The van der Waals surface area contributed by atoms with Crippen molar-refractivity contribution in [1.82, 2.24) is 15.6 Å². The number of amides is 2. The lowest BCUT2D eigenvalue weighted by Crippen LogP contribution is -2.48. The zero-order valence-electron chi connectivity index (χ0n) is 15.2. The molecule has 140 valence electrons. The average Bonchev–Trinajstić information content (AvgIpc) is 2.67. The summed E-state index contributed by atoms with van der Waals surface area (Å²) < 4.78 is 5.22. The summed E-state index contributed by atoms with van der Waals surface area (Å²) in [5, 5.41) is 6.58. The molecule has 1 heterocycles. The Bertz CT molecular complexity index is 739. The van der Waals surface area contributed by atoms with Gasteiger partial charge in [0.25, 0.3) is 5.91 Å². The Kier molecular flexibility index (Phi) is 8.37. The fourth-order valence-electron chi connectivity index (χ4n) is 2.44. The molecule has 2 N–H and O–H groups in total. The van der Waals surface area contributed by atoms with Gasteiger partial charge in [0.15, 0.2) is 0 Å². The number of carbonyl (C=O) groups is 2. The maximum atomic E-state index is 12.6. The summed E-state index contributed by atoms with van der Waals surface area (Å²) in [4.78, 5) is 29.3. The van der Waals surface area contributed by atoms with E-state index >= 15 is 0 Å². The van der Waals surface area contributed by atoms with E-state index in [2.05, 4.69) is 15.6 Å². The highest BCUT2D eigenvalue weighted by molar-refractivity contribution is 7.98. The lowest BCUT2D eigenvalue weighted by atomic mass is 10.1. The molecule has 0 fully saturated rings. The number of nitrogens with one attached hydrogen (secondary N) is 2. The lowest BCUT2D eigenvalue weighted by Gasteiger charge is -2.18. The number of nitrogens with zero attached hydrogens (tertiary/aromatic N) is 1. The van der Waals surface area contributed by atoms with Gasteiger partial charge in [-0.2, -0.15) is 11.8 Å². The third-order valence-electron chi connectivity index (χ3n) is 3.81. The van der Waals surface area contributed by atoms with Crippen LogP contribution in [-0.2, 0) is 9.53 Å². The molecule has 0 spiro atoms. The third-order valence-corrected chi connectivity index (χ3v) is 4.46. The van der Waals surface area contributed by atoms with Gasteiger partial charge in [-0.05, 0) is 37.5 Å². The van der Waals surface area contributed by atoms with E-state index in [9.17, 15) is 9.59 Å². The number of thioether (sulfide) groups is 1. The Labute approximate surface area is 158 Å². The molecular weight excluding hydrogens is 350 g/mol. The van der Waals surface area contributed by atoms with Crippen molar-refractivity contribution in [2.45, 2.75) is 19.4 Å². The molecule has 0 radical (unpaired) electrons. The van der Waals surface area contributed by atoms with E-state index in [-0.39, 0.29) is 11.8 Å². The minimum absolute atomic E-state index is 0.201. The first-order valence-corrected chi connectivity index (χ1v) is 10.1. The first-order valence-electron chi connectivity index (χ1n) is 8.66. The van der Waals surface area contributed by atoms with Gasteiger partial charge in [0.2, 0.25) is 5.91 Å². The van der Waals surface area contributed by atoms with E-state index in [1.54, 1.807) is 17.8 Å². The standard InChI is InChI=1S/C19H25N3O3S/c1-3-25-12-11-20-18(23)17(10-13-26-2)22-19(24)16-9-8-14-6-4-5-7-15(14)21-16/h4-9,17H,3,10-13H2,1-2H3,(H,20,23)(H,22,24)/t17-/m0/s1. The van der Waals surface area contributed by atoms with Gasteiger partial charge in [0, 0.05) is 18.5 Å². The monoisotopic (exact) mass is 375 g/mol. The fourth-order valence-corrected chi connectivity index (χ4v) is 2.91. The number of para-hydroxylation sites is 1. The molecule has 0 aliphatic heterocycles.